The number of hydrogen-bond donors (Lipinski definition) is 1. The summed E-state index contributed by atoms with van der Waals surface area (Å²) in [6, 6.07) is 0. The van der Waals surface area contributed by atoms with Gasteiger partial charge in [-0.15, -0.1) is 0 Å². The first-order valence-electron chi connectivity index (χ1n) is 5.78. The highest BCUT2D eigenvalue weighted by Crippen LogP contribution is 2.17. The lowest BCUT2D eigenvalue weighted by Crippen LogP contribution is -2.28. The fourth-order valence-corrected chi connectivity index (χ4v) is 2.04. The fourth-order valence-electron chi connectivity index (χ4n) is 2.04. The molecule has 0 aromatic carbocycles. The Bertz CT molecular complexity index is 426. The van der Waals surface area contributed by atoms with Crippen LogP contribution < -0.4 is 0 Å². The monoisotopic (exact) mass is 233 g/mol. The average Bonchev–Trinajstić information content (AvgIpc) is 2.71. The van der Waals surface area contributed by atoms with Crippen LogP contribution in [0.5, 0.6) is 0 Å². The van der Waals surface area contributed by atoms with E-state index in [2.05, 4.69) is 0 Å². The van der Waals surface area contributed by atoms with Crippen molar-refractivity contribution in [3.05, 3.63) is 35.5 Å². The molecule has 1 heterocycles. The third-order valence-electron chi connectivity index (χ3n) is 3.03. The third kappa shape index (κ3) is 2.64. The second kappa shape index (κ2) is 4.99. The van der Waals surface area contributed by atoms with Crippen LogP contribution in [-0.2, 0) is 9.59 Å². The Kier molecular flexibility index (Phi) is 3.42. The Balaban J connectivity index is 2.08. The number of aliphatic carboxylic acids is 1. The van der Waals surface area contributed by atoms with Crippen LogP contribution in [0.3, 0.4) is 0 Å². The SMILES string of the molecule is O=C(O)C1=CC=CC(C(=O)N2CCCC2)=CC1. The Hall–Kier alpha value is -1.84. The maximum atomic E-state index is 12.1. The first-order chi connectivity index (χ1) is 8.18. The highest BCUT2D eigenvalue weighted by atomic mass is 16.4. The first-order valence-corrected chi connectivity index (χ1v) is 5.78. The minimum atomic E-state index is -0.930. The maximum Gasteiger partial charge on any atom is 0.331 e. The van der Waals surface area contributed by atoms with Gasteiger partial charge in [-0.2, -0.15) is 0 Å². The number of carbonyl (C=O) groups excluding carboxylic acids is 1. The largest absolute Gasteiger partial charge is 0.478 e. The molecule has 1 saturated heterocycles. The summed E-state index contributed by atoms with van der Waals surface area (Å²) in [6.07, 6.45) is 8.99. The molecular formula is C13H15NO3. The minimum absolute atomic E-state index is 0.0128. The predicted octanol–water partition coefficient (Wildman–Crippen LogP) is 1.51. The van der Waals surface area contributed by atoms with E-state index < -0.39 is 5.97 Å². The van der Waals surface area contributed by atoms with Crippen LogP contribution in [0.25, 0.3) is 0 Å². The summed E-state index contributed by atoms with van der Waals surface area (Å²) < 4.78 is 0. The summed E-state index contributed by atoms with van der Waals surface area (Å²) >= 11 is 0. The van der Waals surface area contributed by atoms with Crippen LogP contribution >= 0.6 is 0 Å². The molecule has 0 radical (unpaired) electrons. The van der Waals surface area contributed by atoms with E-state index in [-0.39, 0.29) is 5.91 Å². The van der Waals surface area contributed by atoms with Crippen LogP contribution in [0.1, 0.15) is 19.3 Å². The average molecular weight is 233 g/mol. The van der Waals surface area contributed by atoms with Crippen LogP contribution in [-0.4, -0.2) is 35.0 Å². The number of amides is 1. The summed E-state index contributed by atoms with van der Waals surface area (Å²) in [5.74, 6) is -0.917. The molecular weight excluding hydrogens is 218 g/mol. The van der Waals surface area contributed by atoms with Gasteiger partial charge in [-0.1, -0.05) is 18.2 Å². The topological polar surface area (TPSA) is 57.6 Å². The summed E-state index contributed by atoms with van der Waals surface area (Å²) in [5, 5.41) is 8.87. The fraction of sp³-hybridized carbons (Fsp3) is 0.385. The molecule has 90 valence electrons. The van der Waals surface area contributed by atoms with E-state index in [0.717, 1.165) is 25.9 Å². The summed E-state index contributed by atoms with van der Waals surface area (Å²) in [4.78, 5) is 24.7. The number of nitrogens with zero attached hydrogens (tertiary/aromatic N) is 1. The maximum absolute atomic E-state index is 12.1. The first kappa shape index (κ1) is 11.6. The number of hydrogen-bond acceptors (Lipinski definition) is 2. The molecule has 1 aliphatic carbocycles. The zero-order valence-corrected chi connectivity index (χ0v) is 9.56. The zero-order valence-electron chi connectivity index (χ0n) is 9.56. The van der Waals surface area contributed by atoms with Crippen molar-refractivity contribution in [3.63, 3.8) is 0 Å². The lowest BCUT2D eigenvalue weighted by Gasteiger charge is -2.15. The highest BCUT2D eigenvalue weighted by molar-refractivity contribution is 5.97. The summed E-state index contributed by atoms with van der Waals surface area (Å²) in [6.45, 7) is 1.62. The molecule has 0 aromatic heterocycles. The van der Waals surface area contributed by atoms with E-state index in [1.165, 1.54) is 0 Å². The zero-order chi connectivity index (χ0) is 12.3. The van der Waals surface area contributed by atoms with Crippen molar-refractivity contribution in [3.8, 4) is 0 Å². The molecule has 0 unspecified atom stereocenters. The van der Waals surface area contributed by atoms with Gasteiger partial charge < -0.3 is 10.0 Å². The number of carbonyl (C=O) groups is 2. The van der Waals surface area contributed by atoms with E-state index >= 15 is 0 Å². The van der Waals surface area contributed by atoms with E-state index in [1.54, 1.807) is 24.3 Å². The number of likely N-dealkylation sites (tertiary alicyclic amines) is 1. The van der Waals surface area contributed by atoms with Gasteiger partial charge in [-0.25, -0.2) is 4.79 Å². The number of carboxylic acids is 1. The van der Waals surface area contributed by atoms with Gasteiger partial charge in [0.05, 0.1) is 0 Å². The lowest BCUT2D eigenvalue weighted by molar-refractivity contribution is -0.132. The lowest BCUT2D eigenvalue weighted by atomic mass is 10.1. The van der Waals surface area contributed by atoms with E-state index in [0.29, 0.717) is 17.6 Å². The number of carboxylic acid groups (broad SMARTS) is 1. The van der Waals surface area contributed by atoms with Crippen molar-refractivity contribution in [2.75, 3.05) is 13.1 Å². The normalized spacial score (nSPS) is 19.6. The number of allylic oxidation sites excluding steroid dienone is 3. The third-order valence-corrected chi connectivity index (χ3v) is 3.03. The molecule has 0 spiro atoms. The molecule has 1 aliphatic heterocycles. The quantitative estimate of drug-likeness (QED) is 0.786. The Morgan fingerprint density at radius 1 is 1.24 bits per heavy atom. The molecule has 1 amide bonds. The smallest absolute Gasteiger partial charge is 0.331 e. The predicted molar refractivity (Wildman–Crippen MR) is 63.4 cm³/mol. The van der Waals surface area contributed by atoms with Gasteiger partial charge in [0, 0.05) is 24.2 Å². The summed E-state index contributed by atoms with van der Waals surface area (Å²) in [5.41, 5.74) is 0.907. The Morgan fingerprint density at radius 3 is 2.59 bits per heavy atom. The van der Waals surface area contributed by atoms with Crippen molar-refractivity contribution in [1.29, 1.82) is 0 Å². The Morgan fingerprint density at radius 2 is 1.94 bits per heavy atom. The second-order valence-electron chi connectivity index (χ2n) is 4.22. The molecule has 17 heavy (non-hydrogen) atoms. The second-order valence-corrected chi connectivity index (χ2v) is 4.22. The van der Waals surface area contributed by atoms with Gasteiger partial charge in [-0.05, 0) is 25.3 Å². The van der Waals surface area contributed by atoms with Crippen molar-refractivity contribution >= 4 is 11.9 Å². The van der Waals surface area contributed by atoms with E-state index in [9.17, 15) is 9.59 Å². The van der Waals surface area contributed by atoms with Gasteiger partial charge >= 0.3 is 5.97 Å². The molecule has 1 fully saturated rings. The van der Waals surface area contributed by atoms with Crippen molar-refractivity contribution in [1.82, 2.24) is 4.90 Å². The molecule has 0 saturated carbocycles. The van der Waals surface area contributed by atoms with Gasteiger partial charge in [0.1, 0.15) is 0 Å². The van der Waals surface area contributed by atoms with Crippen LogP contribution in [0.2, 0.25) is 0 Å². The highest BCUT2D eigenvalue weighted by Gasteiger charge is 2.20. The molecule has 0 atom stereocenters. The van der Waals surface area contributed by atoms with Gasteiger partial charge in [0.15, 0.2) is 0 Å². The summed E-state index contributed by atoms with van der Waals surface area (Å²) in [7, 11) is 0. The van der Waals surface area contributed by atoms with Crippen LogP contribution in [0.15, 0.2) is 35.5 Å². The van der Waals surface area contributed by atoms with Crippen molar-refractivity contribution in [2.45, 2.75) is 19.3 Å². The molecule has 4 heteroatoms. The van der Waals surface area contributed by atoms with Crippen molar-refractivity contribution < 1.29 is 14.7 Å². The molecule has 4 nitrogen and oxygen atoms in total. The van der Waals surface area contributed by atoms with Gasteiger partial charge in [0.2, 0.25) is 0 Å². The van der Waals surface area contributed by atoms with E-state index in [1.807, 2.05) is 4.90 Å². The van der Waals surface area contributed by atoms with E-state index in [4.69, 9.17) is 5.11 Å². The van der Waals surface area contributed by atoms with Crippen LogP contribution in [0, 0.1) is 0 Å². The molecule has 0 aromatic rings. The Labute approximate surface area is 99.9 Å². The standard InChI is InChI=1S/C13H15NO3/c15-12(14-8-1-2-9-14)10-4-3-5-11(7-6-10)13(16)17/h3-6H,1-2,7-9H2,(H,16,17). The molecule has 2 aliphatic rings. The van der Waals surface area contributed by atoms with Crippen LogP contribution in [0.4, 0.5) is 0 Å². The minimum Gasteiger partial charge on any atom is -0.478 e. The van der Waals surface area contributed by atoms with Gasteiger partial charge in [0.25, 0.3) is 5.91 Å². The molecule has 2 rings (SSSR count). The molecule has 0 bridgehead atoms. The number of rotatable bonds is 2. The molecule has 1 N–H and O–H groups in total. The van der Waals surface area contributed by atoms with Gasteiger partial charge in [-0.3, -0.25) is 4.79 Å². The van der Waals surface area contributed by atoms with Crippen molar-refractivity contribution in [2.24, 2.45) is 0 Å².